The fraction of sp³-hybridized carbons (Fsp3) is 0. The van der Waals surface area contributed by atoms with Crippen molar-refractivity contribution in [1.82, 2.24) is 0 Å². The zero-order valence-corrected chi connectivity index (χ0v) is 4.25. The van der Waals surface area contributed by atoms with Crippen molar-refractivity contribution in [2.75, 3.05) is 0 Å². The van der Waals surface area contributed by atoms with Gasteiger partial charge in [0.05, 0.1) is 0 Å². The molecule has 4 heavy (non-hydrogen) atoms. The lowest BCUT2D eigenvalue weighted by atomic mass is 11.3. The molecule has 0 spiro atoms. The lowest BCUT2D eigenvalue weighted by Gasteiger charge is -1.44. The first-order valence-electron chi connectivity index (χ1n) is 0.770. The third-order valence-corrected chi connectivity index (χ3v) is 0.742. The highest BCUT2D eigenvalue weighted by Gasteiger charge is 1.39. The molecule has 0 saturated heterocycles. The van der Waals surface area contributed by atoms with Crippen LogP contribution in [0.25, 0.3) is 0 Å². The summed E-state index contributed by atoms with van der Waals surface area (Å²) in [6, 6.07) is 0. The van der Waals surface area contributed by atoms with Crippen molar-refractivity contribution in [3.8, 4) is 0 Å². The summed E-state index contributed by atoms with van der Waals surface area (Å²) in [5, 5.41) is 0. The maximum atomic E-state index is 4.96. The van der Waals surface area contributed by atoms with Crippen LogP contribution < -0.4 is 0 Å². The number of hydrogen-bond acceptors (Lipinski definition) is 0. The summed E-state index contributed by atoms with van der Waals surface area (Å²) in [5.74, 6) is 0. The van der Waals surface area contributed by atoms with E-state index in [2.05, 4.69) is 15.9 Å². The summed E-state index contributed by atoms with van der Waals surface area (Å²) >= 11 is 7.89. The van der Waals surface area contributed by atoms with Crippen LogP contribution in [0.5, 0.6) is 0 Å². The molecule has 0 unspecified atom stereocenters. The van der Waals surface area contributed by atoms with Gasteiger partial charge in [-0.05, 0) is 4.99 Å². The van der Waals surface area contributed by atoms with Crippen molar-refractivity contribution in [2.45, 2.75) is 0 Å². The Bertz CT molecular complexity index is 21.2. The summed E-state index contributed by atoms with van der Waals surface area (Å²) in [4.78, 5) is 1.58. The van der Waals surface area contributed by atoms with Crippen LogP contribution >= 0.6 is 27.5 Å². The van der Waals surface area contributed by atoms with Crippen LogP contribution in [0.15, 0.2) is 10.5 Å². The minimum atomic E-state index is 1.39. The zero-order valence-electron chi connectivity index (χ0n) is 1.91. The van der Waals surface area contributed by atoms with E-state index in [0.29, 0.717) is 0 Å². The third kappa shape index (κ3) is 2.51. The molecule has 0 radical (unpaired) electrons. The van der Waals surface area contributed by atoms with E-state index in [9.17, 15) is 0 Å². The second-order valence-electron chi connectivity index (χ2n) is 0.252. The molecular formula is C2H2BrCl. The Hall–Kier alpha value is 0.510. The molecule has 0 saturated carbocycles. The highest BCUT2D eigenvalue weighted by atomic mass is 79.9. The molecule has 0 rings (SSSR count). The van der Waals surface area contributed by atoms with Gasteiger partial charge in [-0.2, -0.15) is 0 Å². The van der Waals surface area contributed by atoms with E-state index in [1.54, 1.807) is 4.99 Å². The number of halogens is 2. The Labute approximate surface area is 38.6 Å². The van der Waals surface area contributed by atoms with Gasteiger partial charge >= 0.3 is 0 Å². The molecule has 0 bridgehead atoms. The highest BCUT2D eigenvalue weighted by Crippen LogP contribution is 1.82. The van der Waals surface area contributed by atoms with E-state index >= 15 is 0 Å². The van der Waals surface area contributed by atoms with Crippen LogP contribution in [-0.2, 0) is 0 Å². The highest BCUT2D eigenvalue weighted by molar-refractivity contribution is 9.11. The zero-order chi connectivity index (χ0) is 3.41. The van der Waals surface area contributed by atoms with Gasteiger partial charge in [0.15, 0.2) is 0 Å². The van der Waals surface area contributed by atoms with Crippen LogP contribution in [0, 0.1) is 0 Å². The smallest absolute Gasteiger partial charge is 0.0112 e. The maximum Gasteiger partial charge on any atom is 0.0112 e. The van der Waals surface area contributed by atoms with Gasteiger partial charge in [0, 0.05) is 5.54 Å². The second-order valence-corrected chi connectivity index (χ2v) is 1.03. The van der Waals surface area contributed by atoms with Crippen molar-refractivity contribution in [2.24, 2.45) is 0 Å². The monoisotopic (exact) mass is 140 g/mol. The lowest BCUT2D eigenvalue weighted by Crippen LogP contribution is -1.09. The molecule has 0 fully saturated rings. The summed E-state index contributed by atoms with van der Waals surface area (Å²) < 4.78 is 0. The summed E-state index contributed by atoms with van der Waals surface area (Å²) in [7, 11) is 0. The van der Waals surface area contributed by atoms with Crippen molar-refractivity contribution in [1.29, 1.82) is 0 Å². The maximum absolute atomic E-state index is 4.96. The average Bonchev–Trinajstić information content (AvgIpc) is 1.37. The Kier molecular flexibility index (Phi) is 3.96. The van der Waals surface area contributed by atoms with Crippen molar-refractivity contribution in [3.05, 3.63) is 10.5 Å². The van der Waals surface area contributed by atoms with Gasteiger partial charge in [0.1, 0.15) is 0 Å². The standard InChI is InChI=1S/C2H2BrCl/c3-1-2-4/h1-2H. The van der Waals surface area contributed by atoms with Crippen molar-refractivity contribution < 1.29 is 0 Å². The first-order valence-corrected chi connectivity index (χ1v) is 2.12. The van der Waals surface area contributed by atoms with Crippen LogP contribution in [-0.4, -0.2) is 0 Å². The topological polar surface area (TPSA) is 0 Å². The molecule has 0 aliphatic heterocycles. The minimum absolute atomic E-state index is 1.39. The Balaban J connectivity index is 2.55. The molecule has 0 aromatic rings. The largest absolute Gasteiger partial charge is 0.0924 e. The molecule has 0 heterocycles. The fourth-order valence-corrected chi connectivity index (χ4v) is 0. The number of hydrogen-bond donors (Lipinski definition) is 0. The van der Waals surface area contributed by atoms with Crippen LogP contribution in [0.3, 0.4) is 0 Å². The van der Waals surface area contributed by atoms with Crippen LogP contribution in [0.1, 0.15) is 0 Å². The summed E-state index contributed by atoms with van der Waals surface area (Å²) in [5.41, 5.74) is 1.39. The normalized spacial score (nSPS) is 9.50. The Morgan fingerprint density at radius 3 is 2.00 bits per heavy atom. The van der Waals surface area contributed by atoms with E-state index in [4.69, 9.17) is 11.6 Å². The van der Waals surface area contributed by atoms with Gasteiger partial charge in [0.25, 0.3) is 0 Å². The van der Waals surface area contributed by atoms with Gasteiger partial charge in [-0.25, -0.2) is 0 Å². The average molecular weight is 141 g/mol. The van der Waals surface area contributed by atoms with Gasteiger partial charge in [-0.15, -0.1) is 0 Å². The summed E-state index contributed by atoms with van der Waals surface area (Å²) in [6.45, 7) is 0. The fourth-order valence-electron chi connectivity index (χ4n) is 0. The molecule has 0 amide bonds. The van der Waals surface area contributed by atoms with E-state index in [0.717, 1.165) is 0 Å². The van der Waals surface area contributed by atoms with Crippen molar-refractivity contribution >= 4 is 27.5 Å². The Morgan fingerprint density at radius 1 is 1.75 bits per heavy atom. The predicted octanol–water partition coefficient (Wildman–Crippen LogP) is 2.09. The second kappa shape index (κ2) is 3.51. The number of rotatable bonds is 0. The quantitative estimate of drug-likeness (QED) is 0.485. The molecule has 0 aliphatic rings. The van der Waals surface area contributed by atoms with E-state index in [-0.39, 0.29) is 0 Å². The van der Waals surface area contributed by atoms with Gasteiger partial charge in [0.2, 0.25) is 0 Å². The van der Waals surface area contributed by atoms with E-state index in [1.165, 1.54) is 5.54 Å². The lowest BCUT2D eigenvalue weighted by molar-refractivity contribution is 2.57. The molecule has 2 heteroatoms. The van der Waals surface area contributed by atoms with Gasteiger partial charge < -0.3 is 0 Å². The van der Waals surface area contributed by atoms with Gasteiger partial charge in [-0.1, -0.05) is 27.5 Å². The molecule has 24 valence electrons. The van der Waals surface area contributed by atoms with Gasteiger partial charge in [-0.3, -0.25) is 0 Å². The van der Waals surface area contributed by atoms with Crippen LogP contribution in [0.2, 0.25) is 0 Å². The third-order valence-electron chi connectivity index (χ3n) is 0.0476. The molecular weight excluding hydrogens is 139 g/mol. The van der Waals surface area contributed by atoms with Crippen molar-refractivity contribution in [3.63, 3.8) is 0 Å². The first kappa shape index (κ1) is 4.51. The molecule has 0 atom stereocenters. The predicted molar refractivity (Wildman–Crippen MR) is 23.9 cm³/mol. The molecule has 0 nitrogen and oxygen atoms in total. The molecule has 0 aliphatic carbocycles. The molecule has 0 N–H and O–H groups in total. The minimum Gasteiger partial charge on any atom is -0.0924 e. The van der Waals surface area contributed by atoms with E-state index in [1.807, 2.05) is 0 Å². The van der Waals surface area contributed by atoms with E-state index < -0.39 is 0 Å². The molecule has 0 aromatic heterocycles. The molecule has 0 aromatic carbocycles. The SMILES string of the molecule is ClC=CBr. The summed E-state index contributed by atoms with van der Waals surface area (Å²) in [6.07, 6.45) is 0. The Morgan fingerprint density at radius 2 is 2.00 bits per heavy atom. The van der Waals surface area contributed by atoms with Crippen LogP contribution in [0.4, 0.5) is 0 Å². The first-order chi connectivity index (χ1) is 1.91.